The Morgan fingerprint density at radius 1 is 1.63 bits per heavy atom. The van der Waals surface area contributed by atoms with Crippen molar-refractivity contribution in [1.29, 1.82) is 0 Å². The predicted octanol–water partition coefficient (Wildman–Crippen LogP) is 2.17. The Kier molecular flexibility index (Phi) is 4.93. The molecule has 1 aromatic rings. The summed E-state index contributed by atoms with van der Waals surface area (Å²) in [6.45, 7) is 6.86. The van der Waals surface area contributed by atoms with E-state index in [0.29, 0.717) is 12.5 Å². The second-order valence-corrected chi connectivity index (χ2v) is 6.24. The van der Waals surface area contributed by atoms with Crippen molar-refractivity contribution >= 4 is 17.7 Å². The van der Waals surface area contributed by atoms with Crippen LogP contribution < -0.4 is 10.6 Å². The van der Waals surface area contributed by atoms with Gasteiger partial charge in [-0.2, -0.15) is 11.8 Å². The number of rotatable bonds is 4. The first-order valence-corrected chi connectivity index (χ1v) is 7.89. The molecule has 2 atom stereocenters. The van der Waals surface area contributed by atoms with Gasteiger partial charge in [0.25, 0.3) is 0 Å². The van der Waals surface area contributed by atoms with Crippen molar-refractivity contribution in [2.24, 2.45) is 0 Å². The number of furan rings is 1. The lowest BCUT2D eigenvalue weighted by atomic mass is 10.1. The number of carbonyl (C=O) groups excluding carboxylic acids is 1. The fourth-order valence-electron chi connectivity index (χ4n) is 2.43. The van der Waals surface area contributed by atoms with Crippen LogP contribution in [0.15, 0.2) is 10.5 Å². The van der Waals surface area contributed by atoms with Crippen molar-refractivity contribution in [3.63, 3.8) is 0 Å². The third-order valence-electron chi connectivity index (χ3n) is 3.35. The summed E-state index contributed by atoms with van der Waals surface area (Å²) in [5.74, 6) is 4.04. The van der Waals surface area contributed by atoms with Gasteiger partial charge in [0.2, 0.25) is 5.91 Å². The van der Waals surface area contributed by atoms with Crippen molar-refractivity contribution in [2.45, 2.75) is 39.3 Å². The van der Waals surface area contributed by atoms with E-state index >= 15 is 0 Å². The smallest absolute Gasteiger partial charge is 0.222 e. The number of amides is 1. The van der Waals surface area contributed by atoms with Crippen LogP contribution in [0.1, 0.15) is 36.5 Å². The van der Waals surface area contributed by atoms with E-state index in [-0.39, 0.29) is 11.9 Å². The van der Waals surface area contributed by atoms with Crippen molar-refractivity contribution in [3.05, 3.63) is 23.2 Å². The van der Waals surface area contributed by atoms with Gasteiger partial charge >= 0.3 is 0 Å². The molecule has 0 spiro atoms. The lowest BCUT2D eigenvalue weighted by molar-refractivity contribution is -0.122. The van der Waals surface area contributed by atoms with Crippen LogP contribution in [0, 0.1) is 13.8 Å². The van der Waals surface area contributed by atoms with Crippen LogP contribution in [0.2, 0.25) is 0 Å². The lowest BCUT2D eigenvalue weighted by Crippen LogP contribution is -2.41. The Morgan fingerprint density at radius 3 is 3.00 bits per heavy atom. The normalized spacial score (nSPS) is 21.1. The molecule has 2 rings (SSSR count). The van der Waals surface area contributed by atoms with E-state index in [1.807, 2.05) is 38.6 Å². The van der Waals surface area contributed by atoms with E-state index in [4.69, 9.17) is 4.42 Å². The first-order chi connectivity index (χ1) is 9.06. The van der Waals surface area contributed by atoms with E-state index < -0.39 is 0 Å². The van der Waals surface area contributed by atoms with Gasteiger partial charge in [-0.3, -0.25) is 4.79 Å². The molecule has 2 unspecified atom stereocenters. The second-order valence-electron chi connectivity index (χ2n) is 5.09. The fraction of sp³-hybridized carbons (Fsp3) is 0.643. The number of nitrogens with one attached hydrogen (secondary N) is 2. The molecular weight excluding hydrogens is 260 g/mol. The first kappa shape index (κ1) is 14.5. The molecule has 4 nitrogen and oxygen atoms in total. The monoisotopic (exact) mass is 282 g/mol. The quantitative estimate of drug-likeness (QED) is 0.888. The Hall–Kier alpha value is -0.940. The molecule has 0 saturated carbocycles. The van der Waals surface area contributed by atoms with Gasteiger partial charge in [-0.05, 0) is 26.8 Å². The van der Waals surface area contributed by atoms with Crippen molar-refractivity contribution < 1.29 is 9.21 Å². The van der Waals surface area contributed by atoms with E-state index in [1.54, 1.807) is 0 Å². The molecule has 1 amide bonds. The summed E-state index contributed by atoms with van der Waals surface area (Å²) in [5, 5.41) is 6.43. The van der Waals surface area contributed by atoms with Crippen LogP contribution in [0.4, 0.5) is 0 Å². The summed E-state index contributed by atoms with van der Waals surface area (Å²) < 4.78 is 5.50. The topological polar surface area (TPSA) is 54.3 Å². The molecule has 0 aliphatic carbocycles. The SMILES string of the molecule is Cc1cc(C(C)NC(=O)CC2CSCCN2)c(C)o1. The molecule has 0 radical (unpaired) electrons. The fourth-order valence-corrected chi connectivity index (χ4v) is 3.38. The number of hydrogen-bond donors (Lipinski definition) is 2. The zero-order valence-electron chi connectivity index (χ0n) is 11.8. The van der Waals surface area contributed by atoms with Crippen LogP contribution in [-0.2, 0) is 4.79 Å². The van der Waals surface area contributed by atoms with Gasteiger partial charge < -0.3 is 15.1 Å². The van der Waals surface area contributed by atoms with E-state index in [2.05, 4.69) is 10.6 Å². The Labute approximate surface area is 118 Å². The maximum Gasteiger partial charge on any atom is 0.222 e. The van der Waals surface area contributed by atoms with Gasteiger partial charge in [0.1, 0.15) is 11.5 Å². The highest BCUT2D eigenvalue weighted by Crippen LogP contribution is 2.21. The summed E-state index contributed by atoms with van der Waals surface area (Å²) in [7, 11) is 0. The van der Waals surface area contributed by atoms with Gasteiger partial charge in [-0.15, -0.1) is 0 Å². The summed E-state index contributed by atoms with van der Waals surface area (Å²) in [6.07, 6.45) is 0.549. The Morgan fingerprint density at radius 2 is 2.42 bits per heavy atom. The number of hydrogen-bond acceptors (Lipinski definition) is 4. The van der Waals surface area contributed by atoms with Crippen LogP contribution in [-0.4, -0.2) is 30.0 Å². The minimum absolute atomic E-state index is 0.00111. The molecule has 2 heterocycles. The van der Waals surface area contributed by atoms with Crippen LogP contribution in [0.5, 0.6) is 0 Å². The average molecular weight is 282 g/mol. The van der Waals surface area contributed by atoms with Crippen molar-refractivity contribution in [3.8, 4) is 0 Å². The molecule has 1 aliphatic heterocycles. The van der Waals surface area contributed by atoms with Crippen molar-refractivity contribution in [2.75, 3.05) is 18.1 Å². The summed E-state index contributed by atoms with van der Waals surface area (Å²) in [5.41, 5.74) is 1.07. The Balaban J connectivity index is 1.86. The number of carbonyl (C=O) groups is 1. The highest BCUT2D eigenvalue weighted by Gasteiger charge is 2.19. The highest BCUT2D eigenvalue weighted by atomic mass is 32.2. The summed E-state index contributed by atoms with van der Waals surface area (Å²) in [6, 6.07) is 2.30. The van der Waals surface area contributed by atoms with Crippen LogP contribution in [0.3, 0.4) is 0 Å². The molecule has 1 aromatic heterocycles. The number of thioether (sulfide) groups is 1. The molecule has 2 N–H and O–H groups in total. The van der Waals surface area contributed by atoms with Gasteiger partial charge in [0.15, 0.2) is 0 Å². The third-order valence-corrected chi connectivity index (χ3v) is 4.48. The first-order valence-electron chi connectivity index (χ1n) is 6.73. The second kappa shape index (κ2) is 6.48. The molecule has 19 heavy (non-hydrogen) atoms. The molecular formula is C14H22N2O2S. The van der Waals surface area contributed by atoms with E-state index in [0.717, 1.165) is 35.1 Å². The molecule has 0 bridgehead atoms. The molecule has 0 aromatic carbocycles. The Bertz CT molecular complexity index is 439. The minimum atomic E-state index is 0.00111. The third kappa shape index (κ3) is 4.01. The van der Waals surface area contributed by atoms with Gasteiger partial charge in [-0.1, -0.05) is 0 Å². The number of aryl methyl sites for hydroxylation is 2. The van der Waals surface area contributed by atoms with Gasteiger partial charge in [0.05, 0.1) is 6.04 Å². The average Bonchev–Trinajstić information content (AvgIpc) is 2.69. The molecule has 1 aliphatic rings. The minimum Gasteiger partial charge on any atom is -0.466 e. The predicted molar refractivity (Wildman–Crippen MR) is 78.5 cm³/mol. The highest BCUT2D eigenvalue weighted by molar-refractivity contribution is 7.99. The largest absolute Gasteiger partial charge is 0.466 e. The standard InChI is InChI=1S/C14H22N2O2S/c1-9-6-13(11(3)18-9)10(2)16-14(17)7-12-8-19-5-4-15-12/h6,10,12,15H,4-5,7-8H2,1-3H3,(H,16,17). The summed E-state index contributed by atoms with van der Waals surface area (Å²) >= 11 is 1.91. The zero-order valence-corrected chi connectivity index (χ0v) is 12.6. The van der Waals surface area contributed by atoms with E-state index in [1.165, 1.54) is 0 Å². The maximum absolute atomic E-state index is 12.0. The lowest BCUT2D eigenvalue weighted by Gasteiger charge is -2.23. The van der Waals surface area contributed by atoms with Crippen molar-refractivity contribution in [1.82, 2.24) is 10.6 Å². The van der Waals surface area contributed by atoms with Crippen LogP contribution in [0.25, 0.3) is 0 Å². The van der Waals surface area contributed by atoms with Gasteiger partial charge in [-0.25, -0.2) is 0 Å². The maximum atomic E-state index is 12.0. The molecule has 106 valence electrons. The van der Waals surface area contributed by atoms with E-state index in [9.17, 15) is 4.79 Å². The molecule has 1 fully saturated rings. The molecule has 1 saturated heterocycles. The zero-order chi connectivity index (χ0) is 13.8. The summed E-state index contributed by atoms with van der Waals surface area (Å²) in [4.78, 5) is 12.0. The molecule has 5 heteroatoms. The van der Waals surface area contributed by atoms with Crippen LogP contribution >= 0.6 is 11.8 Å². The van der Waals surface area contributed by atoms with Gasteiger partial charge in [0, 0.05) is 36.1 Å².